The molecule has 1 N–H and O–H groups in total. The molecule has 29 heavy (non-hydrogen) atoms. The Morgan fingerprint density at radius 1 is 1.14 bits per heavy atom. The average Bonchev–Trinajstić information content (AvgIpc) is 3.28. The first-order chi connectivity index (χ1) is 14.2. The van der Waals surface area contributed by atoms with Crippen LogP contribution in [0.2, 0.25) is 0 Å². The highest BCUT2D eigenvalue weighted by molar-refractivity contribution is 5.94. The van der Waals surface area contributed by atoms with E-state index in [0.29, 0.717) is 46.8 Å². The quantitative estimate of drug-likeness (QED) is 0.547. The number of amides is 1. The molecule has 0 spiro atoms. The van der Waals surface area contributed by atoms with E-state index in [9.17, 15) is 9.59 Å². The monoisotopic (exact) mass is 388 g/mol. The van der Waals surface area contributed by atoms with Crippen molar-refractivity contribution in [3.63, 3.8) is 0 Å². The number of rotatable bonds is 6. The van der Waals surface area contributed by atoms with E-state index in [-0.39, 0.29) is 11.5 Å². The van der Waals surface area contributed by atoms with E-state index in [4.69, 9.17) is 4.42 Å². The molecule has 0 aliphatic heterocycles. The Labute approximate surface area is 167 Å². The number of nitrogens with one attached hydrogen (secondary N) is 1. The summed E-state index contributed by atoms with van der Waals surface area (Å²) in [5.41, 5.74) is 2.56. The minimum Gasteiger partial charge on any atom is -0.467 e. The first kappa shape index (κ1) is 18.6. The van der Waals surface area contributed by atoms with Gasteiger partial charge in [-0.3, -0.25) is 14.2 Å². The number of furan rings is 1. The van der Waals surface area contributed by atoms with Crippen molar-refractivity contribution in [2.75, 3.05) is 0 Å². The molecule has 0 atom stereocenters. The highest BCUT2D eigenvalue weighted by Crippen LogP contribution is 2.18. The molecule has 0 radical (unpaired) electrons. The van der Waals surface area contributed by atoms with Gasteiger partial charge < -0.3 is 9.73 Å². The summed E-state index contributed by atoms with van der Waals surface area (Å²) < 4.78 is 6.87. The molecule has 7 nitrogen and oxygen atoms in total. The van der Waals surface area contributed by atoms with Crippen LogP contribution in [-0.4, -0.2) is 20.4 Å². The van der Waals surface area contributed by atoms with Gasteiger partial charge in [0.25, 0.3) is 11.5 Å². The van der Waals surface area contributed by atoms with Crippen LogP contribution in [0, 0.1) is 0 Å². The van der Waals surface area contributed by atoms with Gasteiger partial charge in [0.05, 0.1) is 12.8 Å². The lowest BCUT2D eigenvalue weighted by molar-refractivity contribution is 0.0948. The molecule has 4 rings (SSSR count). The Hall–Kier alpha value is -3.74. The summed E-state index contributed by atoms with van der Waals surface area (Å²) in [6.45, 7) is 2.89. The van der Waals surface area contributed by atoms with E-state index in [1.54, 1.807) is 59.5 Å². The molecule has 3 aromatic heterocycles. The molecule has 3 heterocycles. The van der Waals surface area contributed by atoms with Crippen LogP contribution in [-0.2, 0) is 13.1 Å². The summed E-state index contributed by atoms with van der Waals surface area (Å²) in [7, 11) is 0. The summed E-state index contributed by atoms with van der Waals surface area (Å²) in [5.74, 6) is 0.465. The van der Waals surface area contributed by atoms with Crippen LogP contribution in [0.25, 0.3) is 22.4 Å². The Morgan fingerprint density at radius 2 is 1.97 bits per heavy atom. The van der Waals surface area contributed by atoms with Crippen molar-refractivity contribution in [3.8, 4) is 11.3 Å². The molecule has 0 aliphatic carbocycles. The topological polar surface area (TPSA) is 90.0 Å². The predicted octanol–water partition coefficient (Wildman–Crippen LogP) is 3.39. The van der Waals surface area contributed by atoms with Crippen molar-refractivity contribution in [3.05, 3.63) is 82.7 Å². The SMILES string of the molecule is CCCn1c(=O)c(-c2ccc(C(=O)NCc3ccco3)cc2)nc2cccnc21. The number of hydrogen-bond donors (Lipinski definition) is 1. The zero-order valence-corrected chi connectivity index (χ0v) is 16.0. The number of aromatic nitrogens is 3. The molecule has 0 aliphatic rings. The molecule has 1 amide bonds. The fourth-order valence-electron chi connectivity index (χ4n) is 3.16. The summed E-state index contributed by atoms with van der Waals surface area (Å²) in [4.78, 5) is 34.2. The smallest absolute Gasteiger partial charge is 0.278 e. The highest BCUT2D eigenvalue weighted by atomic mass is 16.3. The van der Waals surface area contributed by atoms with Crippen molar-refractivity contribution in [1.29, 1.82) is 0 Å². The third kappa shape index (κ3) is 3.80. The van der Waals surface area contributed by atoms with Crippen molar-refractivity contribution in [2.45, 2.75) is 26.4 Å². The number of hydrogen-bond acceptors (Lipinski definition) is 5. The second-order valence-electron chi connectivity index (χ2n) is 6.60. The molecule has 0 saturated carbocycles. The number of carbonyl (C=O) groups excluding carboxylic acids is 1. The van der Waals surface area contributed by atoms with E-state index in [0.717, 1.165) is 6.42 Å². The lowest BCUT2D eigenvalue weighted by Crippen LogP contribution is -2.24. The molecule has 1 aromatic carbocycles. The maximum absolute atomic E-state index is 13.0. The van der Waals surface area contributed by atoms with Gasteiger partial charge in [-0.15, -0.1) is 0 Å². The van der Waals surface area contributed by atoms with Crippen LogP contribution < -0.4 is 10.9 Å². The van der Waals surface area contributed by atoms with Crippen molar-refractivity contribution >= 4 is 17.1 Å². The first-order valence-electron chi connectivity index (χ1n) is 9.44. The molecular formula is C22H20N4O3. The average molecular weight is 388 g/mol. The zero-order chi connectivity index (χ0) is 20.2. The maximum atomic E-state index is 13.0. The predicted molar refractivity (Wildman–Crippen MR) is 109 cm³/mol. The van der Waals surface area contributed by atoms with Crippen molar-refractivity contribution < 1.29 is 9.21 Å². The number of carbonyl (C=O) groups is 1. The first-order valence-corrected chi connectivity index (χ1v) is 9.44. The molecule has 0 fully saturated rings. The van der Waals surface area contributed by atoms with Gasteiger partial charge in [-0.05, 0) is 42.8 Å². The molecule has 146 valence electrons. The number of aryl methyl sites for hydroxylation is 1. The fourth-order valence-corrected chi connectivity index (χ4v) is 3.16. The van der Waals surface area contributed by atoms with E-state index in [1.807, 2.05) is 13.0 Å². The van der Waals surface area contributed by atoms with Gasteiger partial charge in [-0.2, -0.15) is 0 Å². The maximum Gasteiger partial charge on any atom is 0.278 e. The Bertz CT molecular complexity index is 1200. The van der Waals surface area contributed by atoms with Gasteiger partial charge in [0.1, 0.15) is 17.0 Å². The molecular weight excluding hydrogens is 368 g/mol. The normalized spacial score (nSPS) is 10.9. The highest BCUT2D eigenvalue weighted by Gasteiger charge is 2.14. The van der Waals surface area contributed by atoms with Gasteiger partial charge in [0.15, 0.2) is 5.65 Å². The van der Waals surface area contributed by atoms with Gasteiger partial charge in [-0.1, -0.05) is 19.1 Å². The number of benzene rings is 1. The van der Waals surface area contributed by atoms with E-state index in [2.05, 4.69) is 15.3 Å². The molecule has 0 bridgehead atoms. The van der Waals surface area contributed by atoms with Crippen LogP contribution in [0.3, 0.4) is 0 Å². The minimum atomic E-state index is -0.216. The van der Waals surface area contributed by atoms with E-state index < -0.39 is 0 Å². The van der Waals surface area contributed by atoms with Gasteiger partial charge in [-0.25, -0.2) is 9.97 Å². The summed E-state index contributed by atoms with van der Waals surface area (Å²) in [6, 6.07) is 14.1. The van der Waals surface area contributed by atoms with E-state index in [1.165, 1.54) is 0 Å². The standard InChI is InChI=1S/C22H20N4O3/c1-2-12-26-20-18(6-3-11-23-20)25-19(22(26)28)15-7-9-16(10-8-15)21(27)24-14-17-5-4-13-29-17/h3-11,13H,2,12,14H2,1H3,(H,24,27). The third-order valence-electron chi connectivity index (χ3n) is 4.57. The summed E-state index contributed by atoms with van der Waals surface area (Å²) in [6.07, 6.45) is 4.03. The lowest BCUT2D eigenvalue weighted by atomic mass is 10.1. The third-order valence-corrected chi connectivity index (χ3v) is 4.57. The van der Waals surface area contributed by atoms with E-state index >= 15 is 0 Å². The number of fused-ring (bicyclic) bond motifs is 1. The lowest BCUT2D eigenvalue weighted by Gasteiger charge is -2.11. The van der Waals surface area contributed by atoms with Gasteiger partial charge in [0, 0.05) is 23.9 Å². The number of pyridine rings is 1. The summed E-state index contributed by atoms with van der Waals surface area (Å²) >= 11 is 0. The Kier molecular flexibility index (Phi) is 5.20. The second-order valence-corrected chi connectivity index (χ2v) is 6.60. The van der Waals surface area contributed by atoms with Crippen LogP contribution >= 0.6 is 0 Å². The van der Waals surface area contributed by atoms with Crippen LogP contribution in [0.1, 0.15) is 29.5 Å². The molecule has 0 unspecified atom stereocenters. The van der Waals surface area contributed by atoms with Crippen LogP contribution in [0.5, 0.6) is 0 Å². The molecule has 0 saturated heterocycles. The fraction of sp³-hybridized carbons (Fsp3) is 0.182. The number of nitrogens with zero attached hydrogens (tertiary/aromatic N) is 3. The zero-order valence-electron chi connectivity index (χ0n) is 16.0. The second kappa shape index (κ2) is 8.10. The molecule has 4 aromatic rings. The Balaban J connectivity index is 1.63. The van der Waals surface area contributed by atoms with Crippen LogP contribution in [0.15, 0.2) is 70.2 Å². The molecule has 7 heteroatoms. The van der Waals surface area contributed by atoms with Crippen molar-refractivity contribution in [1.82, 2.24) is 19.9 Å². The minimum absolute atomic E-state index is 0.187. The van der Waals surface area contributed by atoms with Gasteiger partial charge in [0.2, 0.25) is 0 Å². The Morgan fingerprint density at radius 3 is 2.69 bits per heavy atom. The van der Waals surface area contributed by atoms with Gasteiger partial charge >= 0.3 is 0 Å². The largest absolute Gasteiger partial charge is 0.467 e. The van der Waals surface area contributed by atoms with Crippen LogP contribution in [0.4, 0.5) is 0 Å². The van der Waals surface area contributed by atoms with Crippen molar-refractivity contribution in [2.24, 2.45) is 0 Å². The summed E-state index contributed by atoms with van der Waals surface area (Å²) in [5, 5.41) is 2.80.